The number of carbonyl (C=O) groups excluding carboxylic acids is 2. The summed E-state index contributed by atoms with van der Waals surface area (Å²) in [5, 5.41) is 5.28. The van der Waals surface area contributed by atoms with Crippen molar-refractivity contribution in [2.45, 2.75) is 45.3 Å². The number of rotatable bonds is 6. The Morgan fingerprint density at radius 1 is 1.25 bits per heavy atom. The Bertz CT molecular complexity index is 248. The normalized spacial score (nSPS) is 16.1. The van der Waals surface area contributed by atoms with Crippen LogP contribution >= 0.6 is 12.6 Å². The summed E-state index contributed by atoms with van der Waals surface area (Å²) in [6.07, 6.45) is 0.549. The number of hydrogen-bond acceptors (Lipinski definition) is 4. The maximum Gasteiger partial charge on any atom is 0.242 e. The smallest absolute Gasteiger partial charge is 0.242 e. The van der Waals surface area contributed by atoms with Gasteiger partial charge in [0.25, 0.3) is 0 Å². The molecule has 0 rings (SSSR count). The van der Waals surface area contributed by atoms with E-state index in [0.29, 0.717) is 12.2 Å². The van der Waals surface area contributed by atoms with Gasteiger partial charge in [-0.25, -0.2) is 0 Å². The fourth-order valence-electron chi connectivity index (χ4n) is 0.985. The van der Waals surface area contributed by atoms with Crippen molar-refractivity contribution in [3.05, 3.63) is 0 Å². The van der Waals surface area contributed by atoms with E-state index < -0.39 is 12.1 Å². The summed E-state index contributed by atoms with van der Waals surface area (Å²) in [5.74, 6) is 0.0304. The third-order valence-electron chi connectivity index (χ3n) is 2.19. The second kappa shape index (κ2) is 7.51. The fourth-order valence-corrected chi connectivity index (χ4v) is 1.08. The van der Waals surface area contributed by atoms with E-state index in [1.807, 2.05) is 13.8 Å². The number of nitrogens with one attached hydrogen (secondary N) is 2. The number of carbonyl (C=O) groups is 2. The summed E-state index contributed by atoms with van der Waals surface area (Å²) >= 11 is 4.05. The van der Waals surface area contributed by atoms with Crippen LogP contribution in [0.1, 0.15) is 27.2 Å². The highest BCUT2D eigenvalue weighted by atomic mass is 32.1. The lowest BCUT2D eigenvalue weighted by Crippen LogP contribution is -2.51. The van der Waals surface area contributed by atoms with Gasteiger partial charge in [-0.15, -0.1) is 0 Å². The third kappa shape index (κ3) is 5.37. The molecule has 0 saturated carbocycles. The van der Waals surface area contributed by atoms with Crippen molar-refractivity contribution >= 4 is 24.4 Å². The summed E-state index contributed by atoms with van der Waals surface area (Å²) in [6.45, 7) is 5.29. The molecule has 16 heavy (non-hydrogen) atoms. The van der Waals surface area contributed by atoms with E-state index in [-0.39, 0.29) is 17.9 Å². The minimum Gasteiger partial charge on any atom is -0.351 e. The summed E-state index contributed by atoms with van der Waals surface area (Å²) < 4.78 is 0. The van der Waals surface area contributed by atoms with Crippen LogP contribution < -0.4 is 16.4 Å². The van der Waals surface area contributed by atoms with Crippen LogP contribution in [0.5, 0.6) is 0 Å². The molecule has 0 aromatic rings. The minimum absolute atomic E-state index is 0.0185. The van der Waals surface area contributed by atoms with Crippen LogP contribution in [-0.4, -0.2) is 35.7 Å². The zero-order chi connectivity index (χ0) is 12.7. The molecule has 0 bridgehead atoms. The second-order valence-corrected chi connectivity index (χ2v) is 4.20. The molecule has 0 saturated heterocycles. The molecule has 0 heterocycles. The van der Waals surface area contributed by atoms with Crippen molar-refractivity contribution in [2.75, 3.05) is 5.75 Å². The first-order valence-electron chi connectivity index (χ1n) is 5.39. The molecule has 5 nitrogen and oxygen atoms in total. The Hall–Kier alpha value is -0.750. The predicted octanol–water partition coefficient (Wildman–Crippen LogP) is -0.337. The zero-order valence-electron chi connectivity index (χ0n) is 9.99. The van der Waals surface area contributed by atoms with Gasteiger partial charge in [-0.3, -0.25) is 9.59 Å². The topological polar surface area (TPSA) is 84.2 Å². The molecule has 6 heteroatoms. The molecule has 4 N–H and O–H groups in total. The van der Waals surface area contributed by atoms with Crippen LogP contribution in [0.4, 0.5) is 0 Å². The lowest BCUT2D eigenvalue weighted by molar-refractivity contribution is -0.129. The Labute approximate surface area is 102 Å². The van der Waals surface area contributed by atoms with E-state index in [1.165, 1.54) is 0 Å². The van der Waals surface area contributed by atoms with Gasteiger partial charge in [0, 0.05) is 11.8 Å². The standard InChI is InChI=1S/C10H21N3O2S/c1-4-8(11)10(15)13-7(3)9(14)12-6(2)5-16/h6-8,16H,4-5,11H2,1-3H3,(H,12,14)(H,13,15)/t6-,7+,8+/m1/s1. The van der Waals surface area contributed by atoms with Crippen molar-refractivity contribution in [1.29, 1.82) is 0 Å². The van der Waals surface area contributed by atoms with E-state index in [1.54, 1.807) is 6.92 Å². The molecular formula is C10H21N3O2S. The monoisotopic (exact) mass is 247 g/mol. The molecule has 0 fully saturated rings. The van der Waals surface area contributed by atoms with Gasteiger partial charge in [-0.05, 0) is 20.3 Å². The molecule has 94 valence electrons. The first-order chi connectivity index (χ1) is 7.42. The molecule has 0 aromatic heterocycles. The minimum atomic E-state index is -0.576. The highest BCUT2D eigenvalue weighted by Gasteiger charge is 2.19. The van der Waals surface area contributed by atoms with Crippen molar-refractivity contribution in [3.8, 4) is 0 Å². The highest BCUT2D eigenvalue weighted by molar-refractivity contribution is 7.80. The number of amides is 2. The van der Waals surface area contributed by atoms with E-state index in [0.717, 1.165) is 0 Å². The van der Waals surface area contributed by atoms with Crippen molar-refractivity contribution in [3.63, 3.8) is 0 Å². The van der Waals surface area contributed by atoms with E-state index in [2.05, 4.69) is 23.3 Å². The van der Waals surface area contributed by atoms with Crippen LogP contribution in [-0.2, 0) is 9.59 Å². The number of nitrogens with two attached hydrogens (primary N) is 1. The van der Waals surface area contributed by atoms with Crippen LogP contribution in [0.15, 0.2) is 0 Å². The van der Waals surface area contributed by atoms with Crippen molar-refractivity contribution < 1.29 is 9.59 Å². The van der Waals surface area contributed by atoms with Gasteiger partial charge in [0.05, 0.1) is 6.04 Å². The molecule has 3 atom stereocenters. The maximum absolute atomic E-state index is 11.6. The predicted molar refractivity (Wildman–Crippen MR) is 67.3 cm³/mol. The Balaban J connectivity index is 4.10. The van der Waals surface area contributed by atoms with Gasteiger partial charge in [0.15, 0.2) is 0 Å². The van der Waals surface area contributed by atoms with Gasteiger partial charge in [0.2, 0.25) is 11.8 Å². The lowest BCUT2D eigenvalue weighted by Gasteiger charge is -2.18. The number of hydrogen-bond donors (Lipinski definition) is 4. The van der Waals surface area contributed by atoms with Crippen LogP contribution in [0.2, 0.25) is 0 Å². The molecule has 0 radical (unpaired) electrons. The highest BCUT2D eigenvalue weighted by Crippen LogP contribution is 1.91. The molecule has 0 aliphatic rings. The second-order valence-electron chi connectivity index (χ2n) is 3.84. The Morgan fingerprint density at radius 3 is 2.25 bits per heavy atom. The SMILES string of the molecule is CC[C@H](N)C(=O)N[C@@H](C)C(=O)N[C@H](C)CS. The summed E-state index contributed by atoms with van der Waals surface area (Å²) in [7, 11) is 0. The van der Waals surface area contributed by atoms with Gasteiger partial charge < -0.3 is 16.4 Å². The van der Waals surface area contributed by atoms with Crippen LogP contribution in [0.3, 0.4) is 0 Å². The Morgan fingerprint density at radius 2 is 1.81 bits per heavy atom. The van der Waals surface area contributed by atoms with E-state index in [4.69, 9.17) is 5.73 Å². The lowest BCUT2D eigenvalue weighted by atomic mass is 10.2. The molecular weight excluding hydrogens is 226 g/mol. The molecule has 0 aliphatic heterocycles. The molecule has 2 amide bonds. The Kier molecular flexibility index (Phi) is 7.16. The van der Waals surface area contributed by atoms with Gasteiger partial charge >= 0.3 is 0 Å². The van der Waals surface area contributed by atoms with E-state index in [9.17, 15) is 9.59 Å². The van der Waals surface area contributed by atoms with Crippen molar-refractivity contribution in [2.24, 2.45) is 5.73 Å². The molecule has 0 unspecified atom stereocenters. The first kappa shape index (κ1) is 15.2. The van der Waals surface area contributed by atoms with Crippen LogP contribution in [0.25, 0.3) is 0 Å². The van der Waals surface area contributed by atoms with Gasteiger partial charge in [-0.2, -0.15) is 12.6 Å². The first-order valence-corrected chi connectivity index (χ1v) is 6.02. The average Bonchev–Trinajstić information content (AvgIpc) is 2.27. The molecule has 0 aromatic carbocycles. The summed E-state index contributed by atoms with van der Waals surface area (Å²) in [4.78, 5) is 23.0. The summed E-state index contributed by atoms with van der Waals surface area (Å²) in [5.41, 5.74) is 5.54. The molecule has 0 spiro atoms. The van der Waals surface area contributed by atoms with Gasteiger partial charge in [0.1, 0.15) is 6.04 Å². The molecule has 0 aliphatic carbocycles. The third-order valence-corrected chi connectivity index (χ3v) is 2.74. The summed E-state index contributed by atoms with van der Waals surface area (Å²) in [6, 6.07) is -1.15. The van der Waals surface area contributed by atoms with Crippen molar-refractivity contribution in [1.82, 2.24) is 10.6 Å². The quantitative estimate of drug-likeness (QED) is 0.485. The van der Waals surface area contributed by atoms with Gasteiger partial charge in [-0.1, -0.05) is 6.92 Å². The number of thiol groups is 1. The fraction of sp³-hybridized carbons (Fsp3) is 0.800. The van der Waals surface area contributed by atoms with E-state index >= 15 is 0 Å². The zero-order valence-corrected chi connectivity index (χ0v) is 10.9. The average molecular weight is 247 g/mol. The largest absolute Gasteiger partial charge is 0.351 e. The van der Waals surface area contributed by atoms with Crippen LogP contribution in [0, 0.1) is 0 Å². The maximum atomic E-state index is 11.6.